The first-order chi connectivity index (χ1) is 15.0. The summed E-state index contributed by atoms with van der Waals surface area (Å²) in [5, 5.41) is 14.1. The molecule has 4 rings (SSSR count). The zero-order valence-corrected chi connectivity index (χ0v) is 17.3. The summed E-state index contributed by atoms with van der Waals surface area (Å²) in [6.07, 6.45) is 0. The number of amides is 1. The average Bonchev–Trinajstić information content (AvgIpc) is 3.23. The van der Waals surface area contributed by atoms with Crippen LogP contribution in [0.2, 0.25) is 0 Å². The molecule has 1 N–H and O–H groups in total. The summed E-state index contributed by atoms with van der Waals surface area (Å²) in [6, 6.07) is 22.8. The molecule has 0 saturated carbocycles. The molecule has 0 fully saturated rings. The number of aromatic nitrogens is 1. The predicted octanol–water partition coefficient (Wildman–Crippen LogP) is 5.65. The SMILES string of the molecule is COc1ccc(-c2sc(NC(=O)c3ccc([N+](=O)[O-])cc3)nc2-c2ccccc2)cc1. The second-order valence-corrected chi connectivity index (χ2v) is 7.55. The van der Waals surface area contributed by atoms with E-state index in [1.165, 1.54) is 35.6 Å². The Hall–Kier alpha value is -4.04. The van der Waals surface area contributed by atoms with E-state index >= 15 is 0 Å². The van der Waals surface area contributed by atoms with Crippen LogP contribution in [-0.4, -0.2) is 22.9 Å². The lowest BCUT2D eigenvalue weighted by Crippen LogP contribution is -2.11. The van der Waals surface area contributed by atoms with Crippen molar-refractivity contribution >= 4 is 28.1 Å². The highest BCUT2D eigenvalue weighted by molar-refractivity contribution is 7.19. The van der Waals surface area contributed by atoms with Gasteiger partial charge in [0.25, 0.3) is 11.6 Å². The second kappa shape index (κ2) is 8.76. The Bertz CT molecular complexity index is 1220. The molecule has 1 amide bonds. The molecule has 0 unspecified atom stereocenters. The number of benzene rings is 3. The summed E-state index contributed by atoms with van der Waals surface area (Å²) in [7, 11) is 1.61. The first kappa shape index (κ1) is 20.2. The third-order valence-electron chi connectivity index (χ3n) is 4.59. The van der Waals surface area contributed by atoms with Gasteiger partial charge in [0.2, 0.25) is 0 Å². The third kappa shape index (κ3) is 4.44. The van der Waals surface area contributed by atoms with Crippen molar-refractivity contribution in [1.82, 2.24) is 4.98 Å². The van der Waals surface area contributed by atoms with Crippen LogP contribution >= 0.6 is 11.3 Å². The van der Waals surface area contributed by atoms with Crippen molar-refractivity contribution in [3.05, 3.63) is 94.5 Å². The standard InChI is InChI=1S/C23H17N3O4S/c1-30-19-13-9-16(10-14-19)21-20(15-5-3-2-4-6-15)24-23(31-21)25-22(27)17-7-11-18(12-8-17)26(28)29/h2-14H,1H3,(H,24,25,27). The van der Waals surface area contributed by atoms with Crippen molar-refractivity contribution in [2.75, 3.05) is 12.4 Å². The Kier molecular flexibility index (Phi) is 5.72. The van der Waals surface area contributed by atoms with E-state index in [9.17, 15) is 14.9 Å². The summed E-state index contributed by atoms with van der Waals surface area (Å²) in [5.41, 5.74) is 2.88. The largest absolute Gasteiger partial charge is 0.497 e. The van der Waals surface area contributed by atoms with Gasteiger partial charge in [0.1, 0.15) is 5.75 Å². The topological polar surface area (TPSA) is 94.4 Å². The molecular formula is C23H17N3O4S. The highest BCUT2D eigenvalue weighted by Gasteiger charge is 2.17. The molecular weight excluding hydrogens is 414 g/mol. The van der Waals surface area contributed by atoms with Crippen LogP contribution in [0.4, 0.5) is 10.8 Å². The number of anilines is 1. The molecule has 0 bridgehead atoms. The van der Waals surface area contributed by atoms with Crippen molar-refractivity contribution in [2.24, 2.45) is 0 Å². The van der Waals surface area contributed by atoms with Crippen LogP contribution in [0.3, 0.4) is 0 Å². The molecule has 0 aliphatic carbocycles. The van der Waals surface area contributed by atoms with E-state index < -0.39 is 4.92 Å². The van der Waals surface area contributed by atoms with Gasteiger partial charge in [0, 0.05) is 23.3 Å². The molecule has 7 nitrogen and oxygen atoms in total. The van der Waals surface area contributed by atoms with Gasteiger partial charge in [-0.25, -0.2) is 4.98 Å². The number of hydrogen-bond donors (Lipinski definition) is 1. The van der Waals surface area contributed by atoms with Gasteiger partial charge in [-0.3, -0.25) is 20.2 Å². The van der Waals surface area contributed by atoms with Crippen LogP contribution in [0, 0.1) is 10.1 Å². The van der Waals surface area contributed by atoms with Gasteiger partial charge in [-0.2, -0.15) is 0 Å². The number of nitrogens with one attached hydrogen (secondary N) is 1. The molecule has 0 radical (unpaired) electrons. The number of rotatable bonds is 6. The second-order valence-electron chi connectivity index (χ2n) is 6.55. The lowest BCUT2D eigenvalue weighted by molar-refractivity contribution is -0.384. The molecule has 154 valence electrons. The van der Waals surface area contributed by atoms with E-state index in [1.54, 1.807) is 7.11 Å². The van der Waals surface area contributed by atoms with Gasteiger partial charge in [0.05, 0.1) is 22.6 Å². The first-order valence-corrected chi connectivity index (χ1v) is 10.1. The Balaban J connectivity index is 1.67. The Morgan fingerprint density at radius 1 is 0.968 bits per heavy atom. The number of non-ortho nitro benzene ring substituents is 1. The number of carbonyl (C=O) groups is 1. The summed E-state index contributed by atoms with van der Waals surface area (Å²) in [6.45, 7) is 0. The summed E-state index contributed by atoms with van der Waals surface area (Å²) in [4.78, 5) is 28.5. The molecule has 0 saturated heterocycles. The molecule has 8 heteroatoms. The van der Waals surface area contributed by atoms with Gasteiger partial charge in [-0.05, 0) is 42.0 Å². The minimum Gasteiger partial charge on any atom is -0.497 e. The lowest BCUT2D eigenvalue weighted by Gasteiger charge is -2.04. The molecule has 0 aliphatic rings. The summed E-state index contributed by atoms with van der Waals surface area (Å²) in [5.74, 6) is 0.366. The number of thiazole rings is 1. The van der Waals surface area contributed by atoms with Crippen LogP contribution in [0.5, 0.6) is 5.75 Å². The fourth-order valence-electron chi connectivity index (χ4n) is 3.01. The van der Waals surface area contributed by atoms with Gasteiger partial charge < -0.3 is 4.74 Å². The van der Waals surface area contributed by atoms with Crippen molar-refractivity contribution in [2.45, 2.75) is 0 Å². The summed E-state index contributed by atoms with van der Waals surface area (Å²) < 4.78 is 5.24. The van der Waals surface area contributed by atoms with Gasteiger partial charge in [0.15, 0.2) is 5.13 Å². The van der Waals surface area contributed by atoms with E-state index in [0.29, 0.717) is 10.7 Å². The van der Waals surface area contributed by atoms with Gasteiger partial charge >= 0.3 is 0 Å². The van der Waals surface area contributed by atoms with Crippen LogP contribution in [0.25, 0.3) is 21.7 Å². The molecule has 0 aliphatic heterocycles. The monoisotopic (exact) mass is 431 g/mol. The highest BCUT2D eigenvalue weighted by Crippen LogP contribution is 2.39. The van der Waals surface area contributed by atoms with E-state index in [-0.39, 0.29) is 11.6 Å². The maximum Gasteiger partial charge on any atom is 0.269 e. The maximum atomic E-state index is 12.6. The maximum absolute atomic E-state index is 12.6. The van der Waals surface area contributed by atoms with E-state index in [4.69, 9.17) is 4.74 Å². The fourth-order valence-corrected chi connectivity index (χ4v) is 4.00. The number of ether oxygens (including phenoxy) is 1. The number of methoxy groups -OCH3 is 1. The number of nitrogens with zero attached hydrogens (tertiary/aromatic N) is 2. The van der Waals surface area contributed by atoms with E-state index in [2.05, 4.69) is 10.3 Å². The van der Waals surface area contributed by atoms with Crippen LogP contribution in [-0.2, 0) is 0 Å². The Labute approximate surface area is 182 Å². The lowest BCUT2D eigenvalue weighted by atomic mass is 10.1. The van der Waals surface area contributed by atoms with Crippen LogP contribution in [0.1, 0.15) is 10.4 Å². The molecule has 3 aromatic carbocycles. The molecule has 0 atom stereocenters. The molecule has 1 heterocycles. The minimum absolute atomic E-state index is 0.0704. The highest BCUT2D eigenvalue weighted by atomic mass is 32.1. The molecule has 4 aromatic rings. The smallest absolute Gasteiger partial charge is 0.269 e. The Morgan fingerprint density at radius 2 is 1.65 bits per heavy atom. The molecule has 1 aromatic heterocycles. The van der Waals surface area contributed by atoms with Crippen LogP contribution < -0.4 is 10.1 Å². The van der Waals surface area contributed by atoms with E-state index in [1.807, 2.05) is 54.6 Å². The van der Waals surface area contributed by atoms with Crippen molar-refractivity contribution in [3.8, 4) is 27.4 Å². The van der Waals surface area contributed by atoms with Crippen molar-refractivity contribution in [1.29, 1.82) is 0 Å². The third-order valence-corrected chi connectivity index (χ3v) is 5.61. The zero-order chi connectivity index (χ0) is 21.8. The quantitative estimate of drug-likeness (QED) is 0.315. The normalized spacial score (nSPS) is 10.5. The van der Waals surface area contributed by atoms with Gasteiger partial charge in [-0.1, -0.05) is 41.7 Å². The zero-order valence-electron chi connectivity index (χ0n) is 16.4. The minimum atomic E-state index is -0.504. The van der Waals surface area contributed by atoms with Crippen molar-refractivity contribution < 1.29 is 14.5 Å². The number of carbonyl (C=O) groups excluding carboxylic acids is 1. The average molecular weight is 431 g/mol. The van der Waals surface area contributed by atoms with E-state index in [0.717, 1.165) is 27.4 Å². The fraction of sp³-hybridized carbons (Fsp3) is 0.0435. The summed E-state index contributed by atoms with van der Waals surface area (Å²) >= 11 is 1.36. The van der Waals surface area contributed by atoms with Crippen molar-refractivity contribution in [3.63, 3.8) is 0 Å². The number of hydrogen-bond acceptors (Lipinski definition) is 6. The first-order valence-electron chi connectivity index (χ1n) is 9.31. The Morgan fingerprint density at radius 3 is 2.26 bits per heavy atom. The molecule has 0 spiro atoms. The molecule has 31 heavy (non-hydrogen) atoms. The van der Waals surface area contributed by atoms with Gasteiger partial charge in [-0.15, -0.1) is 0 Å². The van der Waals surface area contributed by atoms with Crippen LogP contribution in [0.15, 0.2) is 78.9 Å². The number of nitro benzene ring substituents is 1. The number of nitro groups is 1. The predicted molar refractivity (Wildman–Crippen MR) is 121 cm³/mol.